The highest BCUT2D eigenvalue weighted by Crippen LogP contribution is 2.34. The number of hydrogen-bond acceptors (Lipinski definition) is 2. The van der Waals surface area contributed by atoms with Gasteiger partial charge in [0.25, 0.3) is 0 Å². The van der Waals surface area contributed by atoms with Crippen LogP contribution in [0.25, 0.3) is 10.9 Å². The summed E-state index contributed by atoms with van der Waals surface area (Å²) in [5.41, 5.74) is 1.88. The number of para-hydroxylation sites is 1. The van der Waals surface area contributed by atoms with Gasteiger partial charge in [0.1, 0.15) is 5.60 Å². The molecule has 1 atom stereocenters. The molecule has 2 aromatic rings. The summed E-state index contributed by atoms with van der Waals surface area (Å²) in [5, 5.41) is 1.20. The zero-order chi connectivity index (χ0) is 16.1. The van der Waals surface area contributed by atoms with Crippen LogP contribution in [0.3, 0.4) is 0 Å². The van der Waals surface area contributed by atoms with Crippen LogP contribution in [0.4, 0.5) is 4.79 Å². The van der Waals surface area contributed by atoms with E-state index in [1.807, 2.05) is 26.8 Å². The summed E-state index contributed by atoms with van der Waals surface area (Å²) in [7, 11) is 0. The van der Waals surface area contributed by atoms with Crippen molar-refractivity contribution < 1.29 is 9.53 Å². The summed E-state index contributed by atoms with van der Waals surface area (Å²) in [6.45, 7) is 9.07. The van der Waals surface area contributed by atoms with Gasteiger partial charge in [0.2, 0.25) is 0 Å². The van der Waals surface area contributed by atoms with Gasteiger partial charge in [-0.05, 0) is 55.8 Å². The summed E-state index contributed by atoms with van der Waals surface area (Å²) < 4.78 is 8.92. The molecule has 1 unspecified atom stereocenters. The molecule has 0 saturated heterocycles. The lowest BCUT2D eigenvalue weighted by Gasteiger charge is -2.35. The number of aromatic nitrogens is 1. The molecule has 2 heterocycles. The van der Waals surface area contributed by atoms with Crippen LogP contribution >= 0.6 is 15.9 Å². The smallest absolute Gasteiger partial charge is 0.410 e. The number of carbonyl (C=O) groups is 1. The van der Waals surface area contributed by atoms with Gasteiger partial charge in [-0.3, -0.25) is 0 Å². The molecule has 22 heavy (non-hydrogen) atoms. The van der Waals surface area contributed by atoms with E-state index in [2.05, 4.69) is 45.6 Å². The van der Waals surface area contributed by atoms with E-state index in [0.717, 1.165) is 10.2 Å². The highest BCUT2D eigenvalue weighted by atomic mass is 79.9. The van der Waals surface area contributed by atoms with Crippen LogP contribution in [-0.2, 0) is 11.3 Å². The quantitative estimate of drug-likeness (QED) is 0.677. The van der Waals surface area contributed by atoms with Crippen LogP contribution in [0.2, 0.25) is 0 Å². The number of amides is 1. The summed E-state index contributed by atoms with van der Waals surface area (Å²) in [6.07, 6.45) is -0.241. The summed E-state index contributed by atoms with van der Waals surface area (Å²) in [5.74, 6) is 0. The first kappa shape index (κ1) is 15.4. The van der Waals surface area contributed by atoms with Gasteiger partial charge in [-0.1, -0.05) is 12.1 Å². The zero-order valence-corrected chi connectivity index (χ0v) is 15.0. The number of hydrogen-bond donors (Lipinski definition) is 0. The predicted octanol–water partition coefficient (Wildman–Crippen LogP) is 4.72. The van der Waals surface area contributed by atoms with Crippen molar-refractivity contribution in [1.29, 1.82) is 0 Å². The molecule has 0 saturated carbocycles. The fraction of sp³-hybridized carbons (Fsp3) is 0.471. The molecule has 1 aliphatic rings. The molecule has 118 valence electrons. The molecule has 4 nitrogen and oxygen atoms in total. The first-order chi connectivity index (χ1) is 10.3. The standard InChI is InChI=1S/C17H21BrN2O2/c1-11-9-19(16(21)22-17(2,3)4)10-13-8-12-6-5-7-14(18)15(12)20(11)13/h5-8,11H,9-10H2,1-4H3. The maximum atomic E-state index is 12.3. The normalized spacial score (nSPS) is 18.4. The van der Waals surface area contributed by atoms with E-state index in [4.69, 9.17) is 4.74 Å². The van der Waals surface area contributed by atoms with E-state index in [9.17, 15) is 4.79 Å². The Kier molecular flexibility index (Phi) is 3.71. The molecule has 1 aliphatic heterocycles. The Morgan fingerprint density at radius 1 is 1.36 bits per heavy atom. The third-order valence-corrected chi connectivity index (χ3v) is 4.46. The fourth-order valence-electron chi connectivity index (χ4n) is 3.05. The van der Waals surface area contributed by atoms with Crippen molar-refractivity contribution in [2.24, 2.45) is 0 Å². The van der Waals surface area contributed by atoms with Crippen LogP contribution < -0.4 is 0 Å². The van der Waals surface area contributed by atoms with Gasteiger partial charge in [0, 0.05) is 28.1 Å². The van der Waals surface area contributed by atoms with E-state index < -0.39 is 5.60 Å². The first-order valence-electron chi connectivity index (χ1n) is 7.52. The highest BCUT2D eigenvalue weighted by molar-refractivity contribution is 9.10. The Morgan fingerprint density at radius 2 is 2.09 bits per heavy atom. The predicted molar refractivity (Wildman–Crippen MR) is 91.0 cm³/mol. The number of carbonyl (C=O) groups excluding carboxylic acids is 1. The summed E-state index contributed by atoms with van der Waals surface area (Å²) in [6, 6.07) is 8.58. The zero-order valence-electron chi connectivity index (χ0n) is 13.4. The number of rotatable bonds is 0. The average Bonchev–Trinajstić information content (AvgIpc) is 2.76. The van der Waals surface area contributed by atoms with Gasteiger partial charge < -0.3 is 14.2 Å². The van der Waals surface area contributed by atoms with Crippen LogP contribution in [0.5, 0.6) is 0 Å². The fourth-order valence-corrected chi connectivity index (χ4v) is 3.62. The van der Waals surface area contributed by atoms with Crippen molar-refractivity contribution in [1.82, 2.24) is 9.47 Å². The number of halogens is 1. The largest absolute Gasteiger partial charge is 0.444 e. The van der Waals surface area contributed by atoms with Crippen LogP contribution in [-0.4, -0.2) is 27.7 Å². The monoisotopic (exact) mass is 364 g/mol. The minimum absolute atomic E-state index is 0.215. The number of benzene rings is 1. The maximum absolute atomic E-state index is 12.3. The Labute approximate surface area is 139 Å². The number of ether oxygens (including phenoxy) is 1. The lowest BCUT2D eigenvalue weighted by molar-refractivity contribution is 0.0176. The SMILES string of the molecule is CC1CN(C(=O)OC(C)(C)C)Cc2cc3cccc(Br)c3n21. The molecule has 0 aliphatic carbocycles. The second-order valence-corrected chi connectivity index (χ2v) is 7.75. The Bertz CT molecular complexity index is 730. The second-order valence-electron chi connectivity index (χ2n) is 6.89. The lowest BCUT2D eigenvalue weighted by atomic mass is 10.2. The maximum Gasteiger partial charge on any atom is 0.410 e. The minimum Gasteiger partial charge on any atom is -0.444 e. The molecule has 0 fully saturated rings. The average molecular weight is 365 g/mol. The van der Waals surface area contributed by atoms with Gasteiger partial charge in [-0.15, -0.1) is 0 Å². The Hall–Kier alpha value is -1.49. The number of nitrogens with zero attached hydrogens (tertiary/aromatic N) is 2. The minimum atomic E-state index is -0.465. The first-order valence-corrected chi connectivity index (χ1v) is 8.32. The van der Waals surface area contributed by atoms with Crippen LogP contribution in [0.15, 0.2) is 28.7 Å². The molecule has 1 aromatic carbocycles. The van der Waals surface area contributed by atoms with E-state index in [1.165, 1.54) is 10.9 Å². The Morgan fingerprint density at radius 3 is 2.77 bits per heavy atom. The van der Waals surface area contributed by atoms with Crippen LogP contribution in [0.1, 0.15) is 39.4 Å². The van der Waals surface area contributed by atoms with Crippen molar-refractivity contribution in [2.45, 2.75) is 45.9 Å². The van der Waals surface area contributed by atoms with Crippen molar-refractivity contribution in [3.8, 4) is 0 Å². The van der Waals surface area contributed by atoms with E-state index in [-0.39, 0.29) is 12.1 Å². The molecule has 0 N–H and O–H groups in total. The molecule has 5 heteroatoms. The molecular weight excluding hydrogens is 344 g/mol. The molecule has 0 spiro atoms. The summed E-state index contributed by atoms with van der Waals surface area (Å²) >= 11 is 3.64. The van der Waals surface area contributed by atoms with Crippen molar-refractivity contribution in [2.75, 3.05) is 6.54 Å². The van der Waals surface area contributed by atoms with Gasteiger partial charge in [0.15, 0.2) is 0 Å². The molecule has 0 bridgehead atoms. The Balaban J connectivity index is 1.95. The molecule has 0 radical (unpaired) electrons. The number of fused-ring (bicyclic) bond motifs is 3. The van der Waals surface area contributed by atoms with E-state index in [0.29, 0.717) is 13.1 Å². The van der Waals surface area contributed by atoms with Gasteiger partial charge in [0.05, 0.1) is 12.1 Å². The van der Waals surface area contributed by atoms with Crippen LogP contribution in [0, 0.1) is 0 Å². The van der Waals surface area contributed by atoms with Crippen molar-refractivity contribution in [3.63, 3.8) is 0 Å². The molecule has 1 aromatic heterocycles. The third-order valence-electron chi connectivity index (χ3n) is 3.82. The molecule has 3 rings (SSSR count). The van der Waals surface area contributed by atoms with Crippen molar-refractivity contribution in [3.05, 3.63) is 34.4 Å². The third kappa shape index (κ3) is 2.74. The lowest BCUT2D eigenvalue weighted by Crippen LogP contribution is -2.42. The van der Waals surface area contributed by atoms with E-state index in [1.54, 1.807) is 4.90 Å². The molecular formula is C17H21BrN2O2. The van der Waals surface area contributed by atoms with Crippen molar-refractivity contribution >= 4 is 32.9 Å². The highest BCUT2D eigenvalue weighted by Gasteiger charge is 2.30. The second kappa shape index (κ2) is 5.30. The summed E-state index contributed by atoms with van der Waals surface area (Å²) in [4.78, 5) is 14.1. The van der Waals surface area contributed by atoms with Gasteiger partial charge in [-0.2, -0.15) is 0 Å². The van der Waals surface area contributed by atoms with E-state index >= 15 is 0 Å². The van der Waals surface area contributed by atoms with Gasteiger partial charge >= 0.3 is 6.09 Å². The van der Waals surface area contributed by atoms with Gasteiger partial charge in [-0.25, -0.2) is 4.79 Å². The topological polar surface area (TPSA) is 34.5 Å². The molecule has 1 amide bonds.